The summed E-state index contributed by atoms with van der Waals surface area (Å²) in [6, 6.07) is 0. The van der Waals surface area contributed by atoms with Crippen LogP contribution in [0.5, 0.6) is 0 Å². The first-order chi connectivity index (χ1) is 8.66. The first kappa shape index (κ1) is 12.8. The molecule has 6 nitrogen and oxygen atoms in total. The van der Waals surface area contributed by atoms with Gasteiger partial charge in [-0.3, -0.25) is 5.10 Å². The Morgan fingerprint density at radius 1 is 1.33 bits per heavy atom. The number of anilines is 1. The number of aryl methyl sites for hydroxylation is 2. The topological polar surface area (TPSA) is 79.4 Å². The Balaban J connectivity index is 1.86. The highest BCUT2D eigenvalue weighted by atomic mass is 35.5. The van der Waals surface area contributed by atoms with Gasteiger partial charge in [0.1, 0.15) is 28.9 Å². The van der Waals surface area contributed by atoms with Crippen molar-refractivity contribution in [3.05, 3.63) is 28.7 Å². The largest absolute Gasteiger partial charge is 0.370 e. The van der Waals surface area contributed by atoms with Crippen LogP contribution in [0.25, 0.3) is 0 Å². The molecule has 0 radical (unpaired) electrons. The summed E-state index contributed by atoms with van der Waals surface area (Å²) in [6.45, 7) is 4.53. The Kier molecular flexibility index (Phi) is 4.09. The zero-order chi connectivity index (χ0) is 13.0. The standard InChI is InChI=1S/C11H15ClN6/c1-7-10(12)16-8(2)17-11(7)13-5-3-4-9-14-6-15-18-9/h6H,3-5H2,1-2H3,(H,13,16,17)(H,14,15,18). The normalized spacial score (nSPS) is 10.6. The summed E-state index contributed by atoms with van der Waals surface area (Å²) in [6.07, 6.45) is 3.31. The molecule has 0 saturated heterocycles. The summed E-state index contributed by atoms with van der Waals surface area (Å²) < 4.78 is 0. The monoisotopic (exact) mass is 266 g/mol. The smallest absolute Gasteiger partial charge is 0.137 e. The first-order valence-electron chi connectivity index (χ1n) is 5.75. The van der Waals surface area contributed by atoms with Gasteiger partial charge in [-0.1, -0.05) is 11.6 Å². The molecular formula is C11H15ClN6. The molecule has 2 heterocycles. The van der Waals surface area contributed by atoms with Crippen molar-refractivity contribution in [3.8, 4) is 0 Å². The molecule has 0 saturated carbocycles. The highest BCUT2D eigenvalue weighted by Gasteiger charge is 2.06. The van der Waals surface area contributed by atoms with Gasteiger partial charge in [0.05, 0.1) is 0 Å². The maximum atomic E-state index is 6.00. The summed E-state index contributed by atoms with van der Waals surface area (Å²) >= 11 is 6.00. The van der Waals surface area contributed by atoms with E-state index in [1.54, 1.807) is 0 Å². The maximum absolute atomic E-state index is 6.00. The van der Waals surface area contributed by atoms with Crippen molar-refractivity contribution >= 4 is 17.4 Å². The van der Waals surface area contributed by atoms with Crippen molar-refractivity contribution in [1.82, 2.24) is 25.1 Å². The van der Waals surface area contributed by atoms with E-state index in [2.05, 4.69) is 30.5 Å². The van der Waals surface area contributed by atoms with Crippen LogP contribution in [0.3, 0.4) is 0 Å². The molecule has 2 rings (SSSR count). The Hall–Kier alpha value is -1.69. The van der Waals surface area contributed by atoms with Crippen LogP contribution in [0.2, 0.25) is 5.15 Å². The second-order valence-corrected chi connectivity index (χ2v) is 4.36. The summed E-state index contributed by atoms with van der Waals surface area (Å²) in [5.74, 6) is 2.36. The molecule has 7 heteroatoms. The third-order valence-electron chi connectivity index (χ3n) is 2.55. The van der Waals surface area contributed by atoms with Crippen molar-refractivity contribution < 1.29 is 0 Å². The summed E-state index contributed by atoms with van der Waals surface area (Å²) in [5, 5.41) is 10.4. The van der Waals surface area contributed by atoms with E-state index in [1.807, 2.05) is 13.8 Å². The number of hydrogen-bond donors (Lipinski definition) is 2. The Morgan fingerprint density at radius 2 is 2.17 bits per heavy atom. The van der Waals surface area contributed by atoms with Gasteiger partial charge in [-0.05, 0) is 20.3 Å². The van der Waals surface area contributed by atoms with E-state index in [0.717, 1.165) is 36.6 Å². The minimum absolute atomic E-state index is 0.500. The second-order valence-electron chi connectivity index (χ2n) is 4.00. The van der Waals surface area contributed by atoms with E-state index in [-0.39, 0.29) is 0 Å². The molecule has 0 unspecified atom stereocenters. The van der Waals surface area contributed by atoms with Crippen molar-refractivity contribution in [2.24, 2.45) is 0 Å². The van der Waals surface area contributed by atoms with E-state index in [4.69, 9.17) is 11.6 Å². The second kappa shape index (κ2) is 5.77. The van der Waals surface area contributed by atoms with E-state index in [0.29, 0.717) is 11.0 Å². The average molecular weight is 267 g/mol. The van der Waals surface area contributed by atoms with Crippen LogP contribution in [-0.2, 0) is 6.42 Å². The van der Waals surface area contributed by atoms with Gasteiger partial charge >= 0.3 is 0 Å². The molecule has 2 aromatic rings. The van der Waals surface area contributed by atoms with Gasteiger partial charge in [-0.25, -0.2) is 15.0 Å². The fraction of sp³-hybridized carbons (Fsp3) is 0.455. The highest BCUT2D eigenvalue weighted by Crippen LogP contribution is 2.19. The Labute approximate surface area is 110 Å². The Morgan fingerprint density at radius 3 is 2.89 bits per heavy atom. The van der Waals surface area contributed by atoms with Crippen LogP contribution in [-0.4, -0.2) is 31.7 Å². The van der Waals surface area contributed by atoms with Gasteiger partial charge in [0.25, 0.3) is 0 Å². The number of halogens is 1. The molecule has 2 aromatic heterocycles. The quantitative estimate of drug-likeness (QED) is 0.638. The average Bonchev–Trinajstić information content (AvgIpc) is 2.83. The predicted octanol–water partition coefficient (Wildman–Crippen LogP) is 1.91. The van der Waals surface area contributed by atoms with Gasteiger partial charge in [0, 0.05) is 18.5 Å². The fourth-order valence-electron chi connectivity index (χ4n) is 1.58. The molecule has 0 aliphatic heterocycles. The van der Waals surface area contributed by atoms with Gasteiger partial charge < -0.3 is 5.32 Å². The lowest BCUT2D eigenvalue weighted by Gasteiger charge is -2.09. The lowest BCUT2D eigenvalue weighted by molar-refractivity contribution is 0.801. The van der Waals surface area contributed by atoms with E-state index >= 15 is 0 Å². The van der Waals surface area contributed by atoms with Crippen LogP contribution >= 0.6 is 11.6 Å². The Bertz CT molecular complexity index is 511. The third-order valence-corrected chi connectivity index (χ3v) is 2.91. The van der Waals surface area contributed by atoms with E-state index in [1.165, 1.54) is 6.33 Å². The molecule has 0 fully saturated rings. The lowest BCUT2D eigenvalue weighted by atomic mass is 10.3. The molecule has 0 aliphatic rings. The number of nitrogens with one attached hydrogen (secondary N) is 2. The van der Waals surface area contributed by atoms with E-state index in [9.17, 15) is 0 Å². The molecule has 0 spiro atoms. The molecule has 96 valence electrons. The van der Waals surface area contributed by atoms with Crippen LogP contribution in [0.4, 0.5) is 5.82 Å². The predicted molar refractivity (Wildman–Crippen MR) is 69.7 cm³/mol. The van der Waals surface area contributed by atoms with Gasteiger partial charge in [0.2, 0.25) is 0 Å². The number of aromatic amines is 1. The third kappa shape index (κ3) is 3.16. The molecule has 0 bridgehead atoms. The van der Waals surface area contributed by atoms with Crippen LogP contribution in [0.1, 0.15) is 23.6 Å². The van der Waals surface area contributed by atoms with Gasteiger partial charge in [-0.15, -0.1) is 0 Å². The van der Waals surface area contributed by atoms with Crippen LogP contribution in [0.15, 0.2) is 6.33 Å². The number of hydrogen-bond acceptors (Lipinski definition) is 5. The number of rotatable bonds is 5. The zero-order valence-electron chi connectivity index (χ0n) is 10.4. The number of H-pyrrole nitrogens is 1. The molecule has 18 heavy (non-hydrogen) atoms. The van der Waals surface area contributed by atoms with Gasteiger partial charge in [0.15, 0.2) is 0 Å². The van der Waals surface area contributed by atoms with Crippen LogP contribution < -0.4 is 5.32 Å². The minimum atomic E-state index is 0.500. The van der Waals surface area contributed by atoms with Gasteiger partial charge in [-0.2, -0.15) is 5.10 Å². The summed E-state index contributed by atoms with van der Waals surface area (Å²) in [7, 11) is 0. The minimum Gasteiger partial charge on any atom is -0.370 e. The molecular weight excluding hydrogens is 252 g/mol. The zero-order valence-corrected chi connectivity index (χ0v) is 11.1. The lowest BCUT2D eigenvalue weighted by Crippen LogP contribution is -2.08. The van der Waals surface area contributed by atoms with E-state index < -0.39 is 0 Å². The van der Waals surface area contributed by atoms with Crippen molar-refractivity contribution in [2.45, 2.75) is 26.7 Å². The summed E-state index contributed by atoms with van der Waals surface area (Å²) in [5.41, 5.74) is 0.877. The van der Waals surface area contributed by atoms with Crippen molar-refractivity contribution in [1.29, 1.82) is 0 Å². The maximum Gasteiger partial charge on any atom is 0.137 e. The summed E-state index contributed by atoms with van der Waals surface area (Å²) in [4.78, 5) is 12.5. The molecule has 2 N–H and O–H groups in total. The molecule has 0 atom stereocenters. The number of nitrogens with zero attached hydrogens (tertiary/aromatic N) is 4. The molecule has 0 aromatic carbocycles. The van der Waals surface area contributed by atoms with Crippen LogP contribution in [0, 0.1) is 13.8 Å². The van der Waals surface area contributed by atoms with Crippen molar-refractivity contribution in [3.63, 3.8) is 0 Å². The first-order valence-corrected chi connectivity index (χ1v) is 6.13. The highest BCUT2D eigenvalue weighted by molar-refractivity contribution is 6.30. The SMILES string of the molecule is Cc1nc(Cl)c(C)c(NCCCc2ncn[nH]2)n1. The fourth-order valence-corrected chi connectivity index (χ4v) is 1.79. The van der Waals surface area contributed by atoms with Crippen molar-refractivity contribution in [2.75, 3.05) is 11.9 Å². The molecule has 0 aliphatic carbocycles. The molecule has 0 amide bonds. The number of aromatic nitrogens is 5.